The van der Waals surface area contributed by atoms with Crippen molar-refractivity contribution < 1.29 is 33.9 Å². The molecule has 8 N–H and O–H groups in total. The lowest BCUT2D eigenvalue weighted by molar-refractivity contribution is -0.138. The normalized spacial score (nSPS) is 12.9. The van der Waals surface area contributed by atoms with E-state index in [1.54, 1.807) is 0 Å². The van der Waals surface area contributed by atoms with Crippen LogP contribution >= 0.6 is 7.82 Å². The number of guanidine groups is 1. The standard InChI is InChI=1S/C14H22N5O7P/c1-8-12(20)10(9(5-18-8)7-26-27(23,24)25)6-19-11(13(21)22)3-2-4-17-14(15)16/h5-6,11,20H,2-4,7H2,1H3,(H,21,22)(H4,15,16,17)(H2,23,24,25)/t11-/m1/s1. The van der Waals surface area contributed by atoms with Gasteiger partial charge in [-0.3, -0.25) is 19.5 Å². The van der Waals surface area contributed by atoms with E-state index in [1.165, 1.54) is 13.1 Å². The third kappa shape index (κ3) is 8.13. The van der Waals surface area contributed by atoms with E-state index >= 15 is 0 Å². The Morgan fingerprint density at radius 2 is 2.11 bits per heavy atom. The van der Waals surface area contributed by atoms with E-state index in [0.29, 0.717) is 6.42 Å². The molecule has 0 amide bonds. The minimum absolute atomic E-state index is 0.0615. The zero-order valence-corrected chi connectivity index (χ0v) is 15.4. The lowest BCUT2D eigenvalue weighted by Crippen LogP contribution is -2.23. The second-order valence-electron chi connectivity index (χ2n) is 5.48. The first-order chi connectivity index (χ1) is 12.5. The number of nitrogens with two attached hydrogens (primary N) is 2. The predicted octanol–water partition coefficient (Wildman–Crippen LogP) is -0.369. The third-order valence-corrected chi connectivity index (χ3v) is 3.81. The first kappa shape index (κ1) is 22.5. The molecule has 0 aliphatic rings. The van der Waals surface area contributed by atoms with Crippen molar-refractivity contribution in [2.75, 3.05) is 6.54 Å². The molecule has 0 saturated heterocycles. The Balaban J connectivity index is 3.00. The number of hydrogen-bond acceptors (Lipinski definition) is 7. The number of carboxylic acid groups (broad SMARTS) is 1. The van der Waals surface area contributed by atoms with Gasteiger partial charge in [-0.05, 0) is 19.8 Å². The molecule has 1 aromatic rings. The van der Waals surface area contributed by atoms with Gasteiger partial charge in [0.05, 0.1) is 12.3 Å². The van der Waals surface area contributed by atoms with Gasteiger partial charge >= 0.3 is 13.8 Å². The highest BCUT2D eigenvalue weighted by molar-refractivity contribution is 7.46. The van der Waals surface area contributed by atoms with Crippen LogP contribution in [0.2, 0.25) is 0 Å². The van der Waals surface area contributed by atoms with Crippen LogP contribution in [0.1, 0.15) is 29.7 Å². The summed E-state index contributed by atoms with van der Waals surface area (Å²) in [5.74, 6) is -1.58. The number of carboxylic acids is 1. The maximum absolute atomic E-state index is 11.3. The van der Waals surface area contributed by atoms with Crippen LogP contribution in [0, 0.1) is 6.92 Å². The van der Waals surface area contributed by atoms with Gasteiger partial charge in [-0.1, -0.05) is 0 Å². The Morgan fingerprint density at radius 1 is 1.44 bits per heavy atom. The van der Waals surface area contributed by atoms with Crippen LogP contribution in [-0.4, -0.2) is 55.7 Å². The number of pyridine rings is 1. The molecule has 0 aliphatic carbocycles. The largest absolute Gasteiger partial charge is 0.505 e. The van der Waals surface area contributed by atoms with Crippen molar-refractivity contribution in [2.24, 2.45) is 21.5 Å². The predicted molar refractivity (Wildman–Crippen MR) is 96.4 cm³/mol. The summed E-state index contributed by atoms with van der Waals surface area (Å²) in [5.41, 5.74) is 10.8. The number of phosphoric ester groups is 1. The molecule has 1 rings (SSSR count). The van der Waals surface area contributed by atoms with Crippen LogP contribution in [-0.2, 0) is 20.5 Å². The number of phosphoric acid groups is 1. The number of hydrogen-bond donors (Lipinski definition) is 6. The fraction of sp³-hybridized carbons (Fsp3) is 0.429. The van der Waals surface area contributed by atoms with Crippen molar-refractivity contribution >= 4 is 26.0 Å². The minimum Gasteiger partial charge on any atom is -0.505 e. The minimum atomic E-state index is -4.74. The monoisotopic (exact) mass is 403 g/mol. The molecule has 1 heterocycles. The van der Waals surface area contributed by atoms with E-state index in [4.69, 9.17) is 21.3 Å². The Hall–Kier alpha value is -2.53. The Kier molecular flexibility index (Phi) is 8.32. The lowest BCUT2D eigenvalue weighted by atomic mass is 10.1. The quantitative estimate of drug-likeness (QED) is 0.129. The summed E-state index contributed by atoms with van der Waals surface area (Å²) in [6, 6.07) is -1.12. The number of aliphatic imine (C=N–C) groups is 2. The molecule has 0 unspecified atom stereocenters. The number of aliphatic carboxylic acids is 1. The van der Waals surface area contributed by atoms with Gasteiger partial charge in [-0.2, -0.15) is 0 Å². The summed E-state index contributed by atoms with van der Waals surface area (Å²) in [5, 5.41) is 19.4. The van der Waals surface area contributed by atoms with Crippen LogP contribution in [0.25, 0.3) is 0 Å². The summed E-state index contributed by atoms with van der Waals surface area (Å²) in [7, 11) is -4.74. The lowest BCUT2D eigenvalue weighted by Gasteiger charge is -2.11. The van der Waals surface area contributed by atoms with Crippen LogP contribution in [0.15, 0.2) is 16.2 Å². The van der Waals surface area contributed by atoms with E-state index < -0.39 is 26.4 Å². The fourth-order valence-corrected chi connectivity index (χ4v) is 2.29. The Morgan fingerprint density at radius 3 is 2.67 bits per heavy atom. The third-order valence-electron chi connectivity index (χ3n) is 3.34. The molecule has 0 radical (unpaired) electrons. The Labute approximate surface area is 154 Å². The van der Waals surface area contributed by atoms with Gasteiger partial charge < -0.3 is 31.5 Å². The van der Waals surface area contributed by atoms with E-state index in [9.17, 15) is 19.6 Å². The highest BCUT2D eigenvalue weighted by atomic mass is 31.2. The second-order valence-corrected chi connectivity index (χ2v) is 6.72. The summed E-state index contributed by atoms with van der Waals surface area (Å²) in [6.45, 7) is 1.20. The number of nitrogens with zero attached hydrogens (tertiary/aromatic N) is 3. The molecule has 150 valence electrons. The highest BCUT2D eigenvalue weighted by Gasteiger charge is 2.19. The molecule has 1 atom stereocenters. The average Bonchev–Trinajstić information content (AvgIpc) is 2.55. The average molecular weight is 403 g/mol. The summed E-state index contributed by atoms with van der Waals surface area (Å²) in [4.78, 5) is 40.5. The van der Waals surface area contributed by atoms with Crippen molar-refractivity contribution in [3.63, 3.8) is 0 Å². The molecule has 13 heteroatoms. The van der Waals surface area contributed by atoms with Crippen molar-refractivity contribution in [2.45, 2.75) is 32.4 Å². The van der Waals surface area contributed by atoms with Gasteiger partial charge in [0.25, 0.3) is 0 Å². The van der Waals surface area contributed by atoms with E-state index in [-0.39, 0.29) is 41.5 Å². The van der Waals surface area contributed by atoms with Crippen molar-refractivity contribution in [1.82, 2.24) is 4.98 Å². The topological polar surface area (TPSA) is 214 Å². The smallest absolute Gasteiger partial charge is 0.469 e. The number of aryl methyl sites for hydroxylation is 1. The molecule has 0 saturated carbocycles. The van der Waals surface area contributed by atoms with Crippen LogP contribution < -0.4 is 11.5 Å². The van der Waals surface area contributed by atoms with Crippen LogP contribution in [0.3, 0.4) is 0 Å². The molecule has 12 nitrogen and oxygen atoms in total. The van der Waals surface area contributed by atoms with Gasteiger partial charge in [0.1, 0.15) is 11.8 Å². The van der Waals surface area contributed by atoms with Crippen molar-refractivity contribution in [1.29, 1.82) is 0 Å². The van der Waals surface area contributed by atoms with E-state index in [1.807, 2.05) is 0 Å². The van der Waals surface area contributed by atoms with Gasteiger partial charge in [0, 0.05) is 30.1 Å². The zero-order valence-electron chi connectivity index (χ0n) is 14.5. The van der Waals surface area contributed by atoms with Crippen LogP contribution in [0.4, 0.5) is 0 Å². The van der Waals surface area contributed by atoms with Crippen molar-refractivity contribution in [3.05, 3.63) is 23.0 Å². The molecule has 0 aliphatic heterocycles. The molecule has 0 aromatic carbocycles. The molecule has 0 spiro atoms. The molecular weight excluding hydrogens is 381 g/mol. The van der Waals surface area contributed by atoms with E-state index in [2.05, 4.69) is 19.5 Å². The van der Waals surface area contributed by atoms with Gasteiger partial charge in [0.15, 0.2) is 5.96 Å². The molecule has 0 fully saturated rings. The van der Waals surface area contributed by atoms with E-state index in [0.717, 1.165) is 6.21 Å². The van der Waals surface area contributed by atoms with Crippen molar-refractivity contribution in [3.8, 4) is 5.75 Å². The Bertz CT molecular complexity index is 773. The van der Waals surface area contributed by atoms with Gasteiger partial charge in [-0.15, -0.1) is 0 Å². The SMILES string of the molecule is Cc1ncc(COP(=O)(O)O)c(C=N[C@H](CCCN=C(N)N)C(=O)O)c1O. The number of aromatic nitrogens is 1. The second kappa shape index (κ2) is 9.97. The fourth-order valence-electron chi connectivity index (χ4n) is 1.98. The first-order valence-corrected chi connectivity index (χ1v) is 9.23. The summed E-state index contributed by atoms with van der Waals surface area (Å²) in [6.07, 6.45) is 2.87. The zero-order chi connectivity index (χ0) is 20.6. The molecule has 0 bridgehead atoms. The molecule has 1 aromatic heterocycles. The first-order valence-electron chi connectivity index (χ1n) is 7.70. The molecular formula is C14H22N5O7P. The summed E-state index contributed by atoms with van der Waals surface area (Å²) < 4.78 is 15.3. The molecule has 27 heavy (non-hydrogen) atoms. The number of carbonyl (C=O) groups is 1. The number of rotatable bonds is 10. The van der Waals surface area contributed by atoms with Gasteiger partial charge in [0.2, 0.25) is 0 Å². The van der Waals surface area contributed by atoms with Gasteiger partial charge in [-0.25, -0.2) is 9.36 Å². The van der Waals surface area contributed by atoms with Crippen LogP contribution in [0.5, 0.6) is 5.75 Å². The summed E-state index contributed by atoms with van der Waals surface area (Å²) >= 11 is 0. The number of aromatic hydroxyl groups is 1. The maximum atomic E-state index is 11.3. The highest BCUT2D eigenvalue weighted by Crippen LogP contribution is 2.37. The maximum Gasteiger partial charge on any atom is 0.469 e.